The number of rotatable bonds is 2. The number of benzene rings is 1. The van der Waals surface area contributed by atoms with Crippen molar-refractivity contribution in [3.05, 3.63) is 41.0 Å². The van der Waals surface area contributed by atoms with E-state index in [1.807, 2.05) is 25.1 Å². The van der Waals surface area contributed by atoms with Crippen molar-refractivity contribution in [3.63, 3.8) is 0 Å². The van der Waals surface area contributed by atoms with Crippen LogP contribution in [0.4, 0.5) is 5.82 Å². The number of methoxy groups -OCH3 is 1. The van der Waals surface area contributed by atoms with Gasteiger partial charge in [-0.3, -0.25) is 0 Å². The molecule has 0 bridgehead atoms. The number of ether oxygens (including phenoxy) is 1. The van der Waals surface area contributed by atoms with Gasteiger partial charge in [-0.1, -0.05) is 11.6 Å². The first-order chi connectivity index (χ1) is 8.13. The smallest absolute Gasteiger partial charge is 0.131 e. The lowest BCUT2D eigenvalue weighted by molar-refractivity contribution is 0.415. The van der Waals surface area contributed by atoms with Crippen molar-refractivity contribution < 1.29 is 4.74 Å². The van der Waals surface area contributed by atoms with E-state index >= 15 is 0 Å². The second kappa shape index (κ2) is 4.63. The molecule has 1 aromatic heterocycles. The van der Waals surface area contributed by atoms with Crippen LogP contribution in [0.2, 0.25) is 5.02 Å². The molecule has 3 nitrogen and oxygen atoms in total. The lowest BCUT2D eigenvalue weighted by Crippen LogP contribution is -1.96. The van der Waals surface area contributed by atoms with Crippen LogP contribution in [0.5, 0.6) is 5.75 Å². The molecule has 2 rings (SSSR count). The van der Waals surface area contributed by atoms with Gasteiger partial charge >= 0.3 is 0 Å². The molecule has 0 saturated heterocycles. The van der Waals surface area contributed by atoms with Gasteiger partial charge in [-0.15, -0.1) is 0 Å². The highest BCUT2D eigenvalue weighted by Gasteiger charge is 2.11. The molecule has 0 fully saturated rings. The molecule has 17 heavy (non-hydrogen) atoms. The fourth-order valence-electron chi connectivity index (χ4n) is 1.76. The highest BCUT2D eigenvalue weighted by Crippen LogP contribution is 2.35. The summed E-state index contributed by atoms with van der Waals surface area (Å²) >= 11 is 6.22. The minimum atomic E-state index is 0.483. The Hall–Kier alpha value is -1.74. The fraction of sp³-hybridized carbons (Fsp3) is 0.154. The zero-order chi connectivity index (χ0) is 12.4. The highest BCUT2D eigenvalue weighted by molar-refractivity contribution is 6.33. The Kier molecular flexibility index (Phi) is 3.20. The largest absolute Gasteiger partial charge is 0.497 e. The van der Waals surface area contributed by atoms with Crippen LogP contribution in [0.3, 0.4) is 0 Å². The Bertz CT molecular complexity index is 535. The van der Waals surface area contributed by atoms with Gasteiger partial charge in [0.05, 0.1) is 12.1 Å². The molecule has 0 atom stereocenters. The van der Waals surface area contributed by atoms with E-state index in [0.29, 0.717) is 10.8 Å². The molecule has 2 aromatic rings. The predicted molar refractivity (Wildman–Crippen MR) is 70.4 cm³/mol. The first kappa shape index (κ1) is 11.7. The average molecular weight is 249 g/mol. The minimum absolute atomic E-state index is 0.483. The van der Waals surface area contributed by atoms with Gasteiger partial charge in [0.2, 0.25) is 0 Å². The molecule has 0 aliphatic rings. The summed E-state index contributed by atoms with van der Waals surface area (Å²) in [5.41, 5.74) is 8.68. The van der Waals surface area contributed by atoms with Crippen LogP contribution in [0, 0.1) is 6.92 Å². The number of halogens is 1. The lowest BCUT2D eigenvalue weighted by Gasteiger charge is -2.11. The molecule has 0 saturated carbocycles. The van der Waals surface area contributed by atoms with E-state index < -0.39 is 0 Å². The topological polar surface area (TPSA) is 48.1 Å². The van der Waals surface area contributed by atoms with Crippen LogP contribution in [0.15, 0.2) is 30.5 Å². The van der Waals surface area contributed by atoms with Gasteiger partial charge in [0.15, 0.2) is 0 Å². The minimum Gasteiger partial charge on any atom is -0.497 e. The zero-order valence-electron chi connectivity index (χ0n) is 9.70. The summed E-state index contributed by atoms with van der Waals surface area (Å²) in [5.74, 6) is 1.20. The van der Waals surface area contributed by atoms with Gasteiger partial charge < -0.3 is 10.5 Å². The van der Waals surface area contributed by atoms with E-state index in [-0.39, 0.29) is 0 Å². The lowest BCUT2D eigenvalue weighted by atomic mass is 10.0. The Morgan fingerprint density at radius 3 is 2.65 bits per heavy atom. The second-order valence-corrected chi connectivity index (χ2v) is 4.14. The van der Waals surface area contributed by atoms with E-state index in [4.69, 9.17) is 22.1 Å². The number of hydrogen-bond donors (Lipinski definition) is 1. The fourth-order valence-corrected chi connectivity index (χ4v) is 2.02. The van der Waals surface area contributed by atoms with Crippen LogP contribution >= 0.6 is 11.6 Å². The molecule has 0 unspecified atom stereocenters. The van der Waals surface area contributed by atoms with Crippen molar-refractivity contribution in [2.75, 3.05) is 12.8 Å². The first-order valence-electron chi connectivity index (χ1n) is 5.18. The summed E-state index contributed by atoms with van der Waals surface area (Å²) in [5, 5.41) is 0.604. The molecule has 0 spiro atoms. The van der Waals surface area contributed by atoms with Gasteiger partial charge in [0.25, 0.3) is 0 Å². The summed E-state index contributed by atoms with van der Waals surface area (Å²) in [7, 11) is 1.61. The summed E-state index contributed by atoms with van der Waals surface area (Å²) in [6.45, 7) is 1.98. The van der Waals surface area contributed by atoms with Crippen molar-refractivity contribution in [1.82, 2.24) is 4.98 Å². The van der Waals surface area contributed by atoms with Crippen LogP contribution in [0.25, 0.3) is 11.1 Å². The number of pyridine rings is 1. The Labute approximate surface area is 105 Å². The van der Waals surface area contributed by atoms with Crippen molar-refractivity contribution in [2.45, 2.75) is 6.92 Å². The van der Waals surface area contributed by atoms with Crippen molar-refractivity contribution in [2.24, 2.45) is 0 Å². The predicted octanol–water partition coefficient (Wildman–Crippen LogP) is 3.30. The van der Waals surface area contributed by atoms with Crippen molar-refractivity contribution >= 4 is 17.4 Å². The number of anilines is 1. The maximum absolute atomic E-state index is 6.22. The van der Waals surface area contributed by atoms with Crippen LogP contribution in [-0.2, 0) is 0 Å². The Morgan fingerprint density at radius 1 is 1.29 bits per heavy atom. The van der Waals surface area contributed by atoms with E-state index in [0.717, 1.165) is 22.4 Å². The molecule has 4 heteroatoms. The highest BCUT2D eigenvalue weighted by atomic mass is 35.5. The summed E-state index contributed by atoms with van der Waals surface area (Å²) in [4.78, 5) is 4.09. The maximum atomic E-state index is 6.22. The molecule has 1 aromatic carbocycles. The number of nitrogen functional groups attached to an aromatic ring is 1. The maximum Gasteiger partial charge on any atom is 0.131 e. The Morgan fingerprint density at radius 2 is 2.06 bits per heavy atom. The molecule has 88 valence electrons. The summed E-state index contributed by atoms with van der Waals surface area (Å²) in [6.07, 6.45) is 1.69. The molecule has 1 heterocycles. The zero-order valence-corrected chi connectivity index (χ0v) is 10.5. The SMILES string of the molecule is COc1ccc(-c2c(C)ccnc2N)c(Cl)c1. The molecule has 0 amide bonds. The number of nitrogens with two attached hydrogens (primary N) is 1. The monoisotopic (exact) mass is 248 g/mol. The van der Waals surface area contributed by atoms with Crippen LogP contribution in [-0.4, -0.2) is 12.1 Å². The number of hydrogen-bond acceptors (Lipinski definition) is 3. The van der Waals surface area contributed by atoms with Gasteiger partial charge in [-0.2, -0.15) is 0 Å². The third kappa shape index (κ3) is 2.19. The van der Waals surface area contributed by atoms with E-state index in [2.05, 4.69) is 4.98 Å². The normalized spacial score (nSPS) is 10.3. The molecule has 0 aliphatic heterocycles. The first-order valence-corrected chi connectivity index (χ1v) is 5.56. The molecular weight excluding hydrogens is 236 g/mol. The molecular formula is C13H13ClN2O. The van der Waals surface area contributed by atoms with Crippen molar-refractivity contribution in [1.29, 1.82) is 0 Å². The van der Waals surface area contributed by atoms with E-state index in [1.165, 1.54) is 0 Å². The number of aromatic nitrogens is 1. The second-order valence-electron chi connectivity index (χ2n) is 3.73. The molecule has 2 N–H and O–H groups in total. The van der Waals surface area contributed by atoms with Crippen LogP contribution < -0.4 is 10.5 Å². The standard InChI is InChI=1S/C13H13ClN2O/c1-8-5-6-16-13(15)12(8)10-4-3-9(17-2)7-11(10)14/h3-7H,1-2H3,(H2,15,16). The Balaban J connectivity index is 2.61. The van der Waals surface area contributed by atoms with Gasteiger partial charge in [0.1, 0.15) is 11.6 Å². The van der Waals surface area contributed by atoms with E-state index in [1.54, 1.807) is 19.4 Å². The van der Waals surface area contributed by atoms with E-state index in [9.17, 15) is 0 Å². The third-order valence-electron chi connectivity index (χ3n) is 2.63. The van der Waals surface area contributed by atoms with Gasteiger partial charge in [-0.05, 0) is 36.8 Å². The van der Waals surface area contributed by atoms with Crippen molar-refractivity contribution in [3.8, 4) is 16.9 Å². The number of aryl methyl sites for hydroxylation is 1. The summed E-state index contributed by atoms with van der Waals surface area (Å²) < 4.78 is 5.12. The average Bonchev–Trinajstić information content (AvgIpc) is 2.30. The molecule has 0 aliphatic carbocycles. The number of nitrogens with zero attached hydrogens (tertiary/aromatic N) is 1. The third-order valence-corrected chi connectivity index (χ3v) is 2.95. The van der Waals surface area contributed by atoms with Gasteiger partial charge in [-0.25, -0.2) is 4.98 Å². The van der Waals surface area contributed by atoms with Gasteiger partial charge in [0, 0.05) is 17.3 Å². The van der Waals surface area contributed by atoms with Crippen LogP contribution in [0.1, 0.15) is 5.56 Å². The summed E-state index contributed by atoms with van der Waals surface area (Å²) in [6, 6.07) is 7.42. The molecule has 0 radical (unpaired) electrons. The quantitative estimate of drug-likeness (QED) is 0.887.